The Kier molecular flexibility index (Phi) is 11.4. The standard InChI is InChI=1S/C16H18N4OS.C13H17NO2/c1-18-14(15(17)21)16(19-2)22-10-20-13-8-7-11-5-3-4-6-12(11)9-13;15-10-12-3-1-11(2-4-12)9-14-7-5-13(16)6-8-14/h3-9,19-20H,1,10H2,2H3,(H2,17,21);1-4,10,13,16H,5-9H2/b16-14-;. The monoisotopic (exact) mass is 533 g/mol. The van der Waals surface area contributed by atoms with Crippen LogP contribution in [0.25, 0.3) is 10.8 Å². The summed E-state index contributed by atoms with van der Waals surface area (Å²) in [6.07, 6.45) is 2.48. The number of fused-ring (bicyclic) bond motifs is 1. The summed E-state index contributed by atoms with van der Waals surface area (Å²) in [5.41, 5.74) is 8.36. The molecule has 8 nitrogen and oxygen atoms in total. The van der Waals surface area contributed by atoms with Gasteiger partial charge in [-0.1, -0.05) is 66.4 Å². The van der Waals surface area contributed by atoms with Gasteiger partial charge in [-0.25, -0.2) is 0 Å². The third-order valence-electron chi connectivity index (χ3n) is 6.15. The van der Waals surface area contributed by atoms with Crippen molar-refractivity contribution in [3.63, 3.8) is 0 Å². The third kappa shape index (κ3) is 8.72. The summed E-state index contributed by atoms with van der Waals surface area (Å²) < 4.78 is 0. The van der Waals surface area contributed by atoms with Crippen LogP contribution in [0.15, 0.2) is 82.4 Å². The summed E-state index contributed by atoms with van der Waals surface area (Å²) in [5, 5.41) is 18.6. The fourth-order valence-corrected chi connectivity index (χ4v) is 4.88. The summed E-state index contributed by atoms with van der Waals surface area (Å²) in [4.78, 5) is 27.8. The Morgan fingerprint density at radius 1 is 1.13 bits per heavy atom. The molecule has 3 aromatic carbocycles. The van der Waals surface area contributed by atoms with E-state index in [1.807, 2.05) is 42.5 Å². The number of aldehydes is 1. The maximum absolute atomic E-state index is 11.3. The summed E-state index contributed by atoms with van der Waals surface area (Å²) >= 11 is 1.41. The maximum atomic E-state index is 11.3. The largest absolute Gasteiger partial charge is 0.393 e. The molecule has 38 heavy (non-hydrogen) atoms. The molecule has 1 aliphatic heterocycles. The van der Waals surface area contributed by atoms with Gasteiger partial charge in [-0.2, -0.15) is 0 Å². The number of thioether (sulfide) groups is 1. The van der Waals surface area contributed by atoms with Gasteiger partial charge in [0.05, 0.1) is 12.0 Å². The van der Waals surface area contributed by atoms with Crippen molar-refractivity contribution in [2.45, 2.75) is 25.5 Å². The minimum Gasteiger partial charge on any atom is -0.393 e. The van der Waals surface area contributed by atoms with Gasteiger partial charge in [0.1, 0.15) is 11.3 Å². The van der Waals surface area contributed by atoms with Crippen molar-refractivity contribution < 1.29 is 14.7 Å². The molecule has 0 aromatic heterocycles. The number of aliphatic imine (C=N–C) groups is 1. The van der Waals surface area contributed by atoms with E-state index in [1.54, 1.807) is 7.05 Å². The quantitative estimate of drug-likeness (QED) is 0.135. The molecule has 1 aliphatic rings. The number of nitrogens with zero attached hydrogens (tertiary/aromatic N) is 2. The first kappa shape index (κ1) is 28.9. The molecule has 1 heterocycles. The number of amides is 1. The zero-order valence-corrected chi connectivity index (χ0v) is 22.4. The zero-order valence-electron chi connectivity index (χ0n) is 21.6. The number of carbonyl (C=O) groups is 2. The summed E-state index contributed by atoms with van der Waals surface area (Å²) in [7, 11) is 1.71. The molecule has 0 spiro atoms. The van der Waals surface area contributed by atoms with Crippen molar-refractivity contribution in [2.24, 2.45) is 10.7 Å². The van der Waals surface area contributed by atoms with E-state index < -0.39 is 5.91 Å². The van der Waals surface area contributed by atoms with Crippen LogP contribution in [0.3, 0.4) is 0 Å². The number of primary amides is 1. The lowest BCUT2D eigenvalue weighted by Crippen LogP contribution is -2.35. The van der Waals surface area contributed by atoms with Gasteiger partial charge in [0.25, 0.3) is 5.91 Å². The highest BCUT2D eigenvalue weighted by molar-refractivity contribution is 8.03. The minimum absolute atomic E-state index is 0.117. The molecule has 4 rings (SSSR count). The first-order valence-corrected chi connectivity index (χ1v) is 13.4. The first-order chi connectivity index (χ1) is 18.4. The topological polar surface area (TPSA) is 120 Å². The molecular formula is C29H35N5O3S. The Hall–Kier alpha value is -3.66. The number of likely N-dealkylation sites (tertiary alicyclic amines) is 1. The number of hydrogen-bond acceptors (Lipinski definition) is 8. The van der Waals surface area contributed by atoms with Crippen LogP contribution in [0.5, 0.6) is 0 Å². The smallest absolute Gasteiger partial charge is 0.269 e. The Morgan fingerprint density at radius 2 is 1.82 bits per heavy atom. The Morgan fingerprint density at radius 3 is 2.42 bits per heavy atom. The second kappa shape index (κ2) is 14.9. The second-order valence-corrected chi connectivity index (χ2v) is 9.83. The lowest BCUT2D eigenvalue weighted by atomic mass is 10.1. The highest BCUT2D eigenvalue weighted by atomic mass is 32.2. The minimum atomic E-state index is -0.599. The molecule has 1 saturated heterocycles. The molecule has 3 aromatic rings. The summed E-state index contributed by atoms with van der Waals surface area (Å²) in [5.74, 6) is -0.0292. The molecule has 5 N–H and O–H groups in total. The fraction of sp³-hybridized carbons (Fsp3) is 0.276. The number of aliphatic hydroxyl groups is 1. The van der Waals surface area contributed by atoms with Crippen LogP contribution in [-0.2, 0) is 11.3 Å². The highest BCUT2D eigenvalue weighted by Gasteiger charge is 2.16. The molecule has 0 unspecified atom stereocenters. The van der Waals surface area contributed by atoms with Crippen LogP contribution in [0.1, 0.15) is 28.8 Å². The molecule has 0 bridgehead atoms. The van der Waals surface area contributed by atoms with E-state index >= 15 is 0 Å². The Labute approximate surface area is 228 Å². The van der Waals surface area contributed by atoms with Crippen LogP contribution in [0, 0.1) is 0 Å². The third-order valence-corrected chi connectivity index (χ3v) is 7.13. The Balaban J connectivity index is 0.000000221. The number of rotatable bonds is 10. The Bertz CT molecular complexity index is 1250. The summed E-state index contributed by atoms with van der Waals surface area (Å²) in [6.45, 7) is 6.19. The zero-order chi connectivity index (χ0) is 27.3. The van der Waals surface area contributed by atoms with Crippen LogP contribution in [0.4, 0.5) is 5.69 Å². The SMILES string of the molecule is C=N/C(C(N)=O)=C(/NC)SCNc1ccc2ccccc2c1.O=Cc1ccc(CN2CCC(O)CC2)cc1. The summed E-state index contributed by atoms with van der Waals surface area (Å²) in [6, 6.07) is 22.0. The number of nitrogens with one attached hydrogen (secondary N) is 2. The van der Waals surface area contributed by atoms with E-state index in [0.29, 0.717) is 10.9 Å². The van der Waals surface area contributed by atoms with Crippen molar-refractivity contribution >= 4 is 47.1 Å². The van der Waals surface area contributed by atoms with Crippen molar-refractivity contribution in [3.05, 3.63) is 88.6 Å². The van der Waals surface area contributed by atoms with Crippen molar-refractivity contribution in [1.82, 2.24) is 10.2 Å². The molecular weight excluding hydrogens is 498 g/mol. The van der Waals surface area contributed by atoms with E-state index in [9.17, 15) is 14.7 Å². The normalized spacial score (nSPS) is 14.6. The molecule has 0 aliphatic carbocycles. The van der Waals surface area contributed by atoms with Crippen LogP contribution >= 0.6 is 11.8 Å². The number of piperidine rings is 1. The second-order valence-electron chi connectivity index (χ2n) is 8.84. The van der Waals surface area contributed by atoms with E-state index in [2.05, 4.69) is 51.5 Å². The van der Waals surface area contributed by atoms with Crippen LogP contribution < -0.4 is 16.4 Å². The highest BCUT2D eigenvalue weighted by Crippen LogP contribution is 2.22. The van der Waals surface area contributed by atoms with Gasteiger partial charge in [0, 0.05) is 37.9 Å². The molecule has 0 saturated carbocycles. The molecule has 1 fully saturated rings. The van der Waals surface area contributed by atoms with Gasteiger partial charge in [0.15, 0.2) is 5.70 Å². The van der Waals surface area contributed by atoms with E-state index in [-0.39, 0.29) is 11.8 Å². The van der Waals surface area contributed by atoms with Gasteiger partial charge >= 0.3 is 0 Å². The number of nitrogens with two attached hydrogens (primary N) is 1. The average Bonchev–Trinajstić information content (AvgIpc) is 2.94. The molecule has 0 radical (unpaired) electrons. The van der Waals surface area contributed by atoms with Gasteiger partial charge < -0.3 is 21.5 Å². The number of benzene rings is 3. The van der Waals surface area contributed by atoms with E-state index in [1.165, 1.54) is 28.1 Å². The predicted molar refractivity (Wildman–Crippen MR) is 157 cm³/mol. The molecule has 1 amide bonds. The van der Waals surface area contributed by atoms with Gasteiger partial charge in [-0.05, 0) is 48.0 Å². The molecule has 0 atom stereocenters. The number of aliphatic hydroxyl groups excluding tert-OH is 1. The maximum Gasteiger partial charge on any atom is 0.269 e. The molecule has 200 valence electrons. The predicted octanol–water partition coefficient (Wildman–Crippen LogP) is 3.97. The number of carbonyl (C=O) groups excluding carboxylic acids is 2. The van der Waals surface area contributed by atoms with Crippen LogP contribution in [-0.4, -0.2) is 61.0 Å². The van der Waals surface area contributed by atoms with Crippen LogP contribution in [0.2, 0.25) is 0 Å². The van der Waals surface area contributed by atoms with Crippen molar-refractivity contribution in [1.29, 1.82) is 0 Å². The lowest BCUT2D eigenvalue weighted by molar-refractivity contribution is -0.114. The van der Waals surface area contributed by atoms with Gasteiger partial charge in [-0.15, -0.1) is 0 Å². The molecule has 9 heteroatoms. The van der Waals surface area contributed by atoms with Gasteiger partial charge in [-0.3, -0.25) is 19.5 Å². The van der Waals surface area contributed by atoms with Gasteiger partial charge in [0.2, 0.25) is 0 Å². The van der Waals surface area contributed by atoms with Crippen molar-refractivity contribution in [3.8, 4) is 0 Å². The van der Waals surface area contributed by atoms with E-state index in [0.717, 1.165) is 50.0 Å². The average molecular weight is 534 g/mol. The van der Waals surface area contributed by atoms with Crippen molar-refractivity contribution in [2.75, 3.05) is 31.3 Å². The lowest BCUT2D eigenvalue weighted by Gasteiger charge is -2.29. The number of anilines is 1. The van der Waals surface area contributed by atoms with E-state index in [4.69, 9.17) is 5.73 Å². The fourth-order valence-electron chi connectivity index (χ4n) is 4.05. The first-order valence-electron chi connectivity index (χ1n) is 12.4. The number of hydrogen-bond donors (Lipinski definition) is 4.